The molecule has 3 heterocycles. The molecule has 0 amide bonds. The molecule has 124 valence electrons. The average Bonchev–Trinajstić information content (AvgIpc) is 3.16. The largest absolute Gasteiger partial charge is 0.480 e. The molecular formula is C16H21N3O3S. The topological polar surface area (TPSA) is 88.2 Å². The number of aliphatic carboxylic acids is 1. The number of hydrogen-bond donors (Lipinski definition) is 2. The Morgan fingerprint density at radius 3 is 2.91 bits per heavy atom. The van der Waals surface area contributed by atoms with Crippen molar-refractivity contribution < 1.29 is 14.4 Å². The molecule has 0 unspecified atom stereocenters. The summed E-state index contributed by atoms with van der Waals surface area (Å²) in [7, 11) is 0. The molecule has 0 aliphatic carbocycles. The van der Waals surface area contributed by atoms with Crippen LogP contribution >= 0.6 is 11.3 Å². The molecule has 0 bridgehead atoms. The molecule has 6 nitrogen and oxygen atoms in total. The van der Waals surface area contributed by atoms with Gasteiger partial charge in [0.1, 0.15) is 5.54 Å². The molecule has 0 saturated carbocycles. The van der Waals surface area contributed by atoms with Crippen molar-refractivity contribution in [1.82, 2.24) is 15.5 Å². The number of carbonyl (C=O) groups is 1. The highest BCUT2D eigenvalue weighted by Gasteiger charge is 2.53. The summed E-state index contributed by atoms with van der Waals surface area (Å²) in [5, 5.41) is 19.1. The lowest BCUT2D eigenvalue weighted by molar-refractivity contribution is -0.145. The Hall–Kier alpha value is -1.73. The summed E-state index contributed by atoms with van der Waals surface area (Å²) in [4.78, 5) is 17.5. The van der Waals surface area contributed by atoms with Crippen LogP contribution in [0.25, 0.3) is 0 Å². The number of rotatable bonds is 5. The molecule has 1 aliphatic heterocycles. The van der Waals surface area contributed by atoms with Gasteiger partial charge in [-0.2, -0.15) is 4.98 Å². The number of carboxylic acids is 1. The van der Waals surface area contributed by atoms with Crippen LogP contribution in [0.3, 0.4) is 0 Å². The van der Waals surface area contributed by atoms with E-state index >= 15 is 0 Å². The van der Waals surface area contributed by atoms with Crippen LogP contribution in [0, 0.1) is 12.8 Å². The number of nitrogens with one attached hydrogen (secondary N) is 1. The van der Waals surface area contributed by atoms with E-state index in [2.05, 4.69) is 15.5 Å². The molecule has 2 aromatic heterocycles. The third-order valence-corrected chi connectivity index (χ3v) is 5.23. The minimum Gasteiger partial charge on any atom is -0.480 e. The maximum atomic E-state index is 12.0. The second kappa shape index (κ2) is 6.05. The van der Waals surface area contributed by atoms with Crippen molar-refractivity contribution in [2.24, 2.45) is 5.92 Å². The zero-order valence-electron chi connectivity index (χ0n) is 13.4. The van der Waals surface area contributed by atoms with E-state index in [1.165, 1.54) is 0 Å². The van der Waals surface area contributed by atoms with E-state index in [4.69, 9.17) is 4.52 Å². The summed E-state index contributed by atoms with van der Waals surface area (Å²) in [6, 6.07) is 3.87. The van der Waals surface area contributed by atoms with Crippen molar-refractivity contribution in [3.63, 3.8) is 0 Å². The van der Waals surface area contributed by atoms with Gasteiger partial charge in [-0.05, 0) is 37.1 Å². The van der Waals surface area contributed by atoms with E-state index in [0.717, 1.165) is 4.88 Å². The first kappa shape index (κ1) is 16.1. The highest BCUT2D eigenvalue weighted by molar-refractivity contribution is 7.10. The fourth-order valence-corrected chi connectivity index (χ4v) is 4.30. The van der Waals surface area contributed by atoms with Crippen LogP contribution < -0.4 is 5.32 Å². The van der Waals surface area contributed by atoms with Crippen molar-refractivity contribution >= 4 is 17.3 Å². The van der Waals surface area contributed by atoms with Gasteiger partial charge in [0.2, 0.25) is 5.89 Å². The van der Waals surface area contributed by atoms with Gasteiger partial charge in [0.05, 0.1) is 12.0 Å². The molecule has 2 aromatic rings. The third kappa shape index (κ3) is 3.03. The fraction of sp³-hybridized carbons (Fsp3) is 0.562. The SMILES string of the molecule is Cc1noc([C@H]2C[C@@](CC(C)C)(C(=O)O)N[C@H]2c2cccs2)n1. The Bertz CT molecular complexity index is 683. The van der Waals surface area contributed by atoms with Gasteiger partial charge in [-0.3, -0.25) is 10.1 Å². The molecule has 7 heteroatoms. The van der Waals surface area contributed by atoms with E-state index in [0.29, 0.717) is 24.6 Å². The van der Waals surface area contributed by atoms with Crippen LogP contribution in [0.5, 0.6) is 0 Å². The molecule has 0 aromatic carbocycles. The molecular weight excluding hydrogens is 314 g/mol. The Morgan fingerprint density at radius 2 is 2.39 bits per heavy atom. The molecule has 1 fully saturated rings. The molecule has 0 radical (unpaired) electrons. The lowest BCUT2D eigenvalue weighted by Gasteiger charge is -2.27. The molecule has 3 atom stereocenters. The summed E-state index contributed by atoms with van der Waals surface area (Å²) in [5.74, 6) is 0.406. The maximum absolute atomic E-state index is 12.0. The predicted octanol–water partition coefficient (Wildman–Crippen LogP) is 3.13. The van der Waals surface area contributed by atoms with Gasteiger partial charge < -0.3 is 9.63 Å². The lowest BCUT2D eigenvalue weighted by Crippen LogP contribution is -2.49. The minimum atomic E-state index is -0.962. The second-order valence-electron chi connectivity index (χ2n) is 6.61. The van der Waals surface area contributed by atoms with Crippen LogP contribution in [-0.4, -0.2) is 26.8 Å². The van der Waals surface area contributed by atoms with Crippen LogP contribution in [-0.2, 0) is 4.79 Å². The average molecular weight is 335 g/mol. The zero-order valence-corrected chi connectivity index (χ0v) is 14.3. The van der Waals surface area contributed by atoms with E-state index in [1.54, 1.807) is 18.3 Å². The van der Waals surface area contributed by atoms with Crippen LogP contribution in [0.4, 0.5) is 0 Å². The standard InChI is InChI=1S/C16H21N3O3S/c1-9(2)7-16(15(20)21)8-11(14-17-10(3)19-22-14)13(18-16)12-5-4-6-23-12/h4-6,9,11,13,18H,7-8H2,1-3H3,(H,20,21)/t11-,13+,16-/m0/s1. The van der Waals surface area contributed by atoms with E-state index in [-0.39, 0.29) is 17.9 Å². The predicted molar refractivity (Wildman–Crippen MR) is 86.4 cm³/mol. The maximum Gasteiger partial charge on any atom is 0.323 e. The van der Waals surface area contributed by atoms with Gasteiger partial charge in [0, 0.05) is 4.88 Å². The van der Waals surface area contributed by atoms with Crippen LogP contribution in [0.1, 0.15) is 55.2 Å². The highest BCUT2D eigenvalue weighted by Crippen LogP contribution is 2.47. The Kier molecular flexibility index (Phi) is 4.25. The highest BCUT2D eigenvalue weighted by atomic mass is 32.1. The minimum absolute atomic E-state index is 0.121. The van der Waals surface area contributed by atoms with Crippen molar-refractivity contribution in [1.29, 1.82) is 0 Å². The van der Waals surface area contributed by atoms with Crippen molar-refractivity contribution in [3.05, 3.63) is 34.1 Å². The number of carboxylic acid groups (broad SMARTS) is 1. The van der Waals surface area contributed by atoms with E-state index in [9.17, 15) is 9.90 Å². The molecule has 2 N–H and O–H groups in total. The third-order valence-electron chi connectivity index (χ3n) is 4.28. The summed E-state index contributed by atoms with van der Waals surface area (Å²) >= 11 is 1.61. The van der Waals surface area contributed by atoms with Gasteiger partial charge in [-0.1, -0.05) is 25.1 Å². The molecule has 3 rings (SSSR count). The van der Waals surface area contributed by atoms with E-state index < -0.39 is 11.5 Å². The van der Waals surface area contributed by atoms with Crippen molar-refractivity contribution in [2.45, 2.75) is 51.1 Å². The number of thiophene rings is 1. The second-order valence-corrected chi connectivity index (χ2v) is 7.59. The first-order chi connectivity index (χ1) is 10.9. The van der Waals surface area contributed by atoms with Crippen molar-refractivity contribution in [3.8, 4) is 0 Å². The van der Waals surface area contributed by atoms with Gasteiger partial charge in [0.25, 0.3) is 0 Å². The fourth-order valence-electron chi connectivity index (χ4n) is 3.46. The number of nitrogens with zero attached hydrogens (tertiary/aromatic N) is 2. The monoisotopic (exact) mass is 335 g/mol. The van der Waals surface area contributed by atoms with Crippen molar-refractivity contribution in [2.75, 3.05) is 0 Å². The van der Waals surface area contributed by atoms with Crippen LogP contribution in [0.2, 0.25) is 0 Å². The first-order valence-corrected chi connectivity index (χ1v) is 8.64. The summed E-state index contributed by atoms with van der Waals surface area (Å²) in [6.45, 7) is 5.85. The quantitative estimate of drug-likeness (QED) is 0.873. The van der Waals surface area contributed by atoms with Gasteiger partial charge in [-0.25, -0.2) is 0 Å². The van der Waals surface area contributed by atoms with Gasteiger partial charge in [-0.15, -0.1) is 11.3 Å². The summed E-state index contributed by atoms with van der Waals surface area (Å²) in [6.07, 6.45) is 1.01. The number of aromatic nitrogens is 2. The summed E-state index contributed by atoms with van der Waals surface area (Å²) in [5.41, 5.74) is -0.962. The molecule has 23 heavy (non-hydrogen) atoms. The first-order valence-electron chi connectivity index (χ1n) is 7.76. The number of aryl methyl sites for hydroxylation is 1. The lowest BCUT2D eigenvalue weighted by atomic mass is 9.84. The van der Waals surface area contributed by atoms with E-state index in [1.807, 2.05) is 31.4 Å². The smallest absolute Gasteiger partial charge is 0.323 e. The Labute approximate surface area is 138 Å². The Morgan fingerprint density at radius 1 is 1.61 bits per heavy atom. The molecule has 0 spiro atoms. The normalized spacial score (nSPS) is 27.7. The molecule has 1 aliphatic rings. The molecule has 1 saturated heterocycles. The van der Waals surface area contributed by atoms with Gasteiger partial charge >= 0.3 is 5.97 Å². The Balaban J connectivity index is 2.00. The summed E-state index contributed by atoms with van der Waals surface area (Å²) < 4.78 is 5.37. The zero-order chi connectivity index (χ0) is 16.6. The number of hydrogen-bond acceptors (Lipinski definition) is 6. The van der Waals surface area contributed by atoms with Crippen LogP contribution in [0.15, 0.2) is 22.0 Å². The van der Waals surface area contributed by atoms with Gasteiger partial charge in [0.15, 0.2) is 5.82 Å².